The molecule has 0 atom stereocenters. The van der Waals surface area contributed by atoms with Crippen LogP contribution in [0.4, 0.5) is 0 Å². The number of ketones is 1. The molecule has 28 heavy (non-hydrogen) atoms. The van der Waals surface area contributed by atoms with Crippen molar-refractivity contribution in [3.63, 3.8) is 0 Å². The van der Waals surface area contributed by atoms with Crippen LogP contribution in [0.5, 0.6) is 11.5 Å². The molecule has 0 radical (unpaired) electrons. The number of nitrogens with one attached hydrogen (secondary N) is 1. The summed E-state index contributed by atoms with van der Waals surface area (Å²) in [5.74, 6) is 1.40. The maximum absolute atomic E-state index is 12.3. The molecule has 1 heterocycles. The number of aromatic nitrogens is 1. The van der Waals surface area contributed by atoms with Crippen LogP contribution in [0, 0.1) is 5.41 Å². The highest BCUT2D eigenvalue weighted by atomic mass is 32.1. The molecular formula is C22H29NO4S. The van der Waals surface area contributed by atoms with Crippen LogP contribution in [0.1, 0.15) is 53.0 Å². The maximum Gasteiger partial charge on any atom is 0.266 e. The molecule has 152 valence electrons. The first-order valence-corrected chi connectivity index (χ1v) is 10.4. The van der Waals surface area contributed by atoms with Gasteiger partial charge >= 0.3 is 0 Å². The molecule has 0 unspecified atom stereocenters. The normalized spacial score (nSPS) is 13.0. The SMILES string of the molecule is CCCOc1ccc(C=c2sc(=CC(=O)C(C)(C)C)[nH]c2=O)c(OCCC)c1. The third kappa shape index (κ3) is 6.09. The third-order valence-electron chi connectivity index (χ3n) is 3.89. The van der Waals surface area contributed by atoms with Gasteiger partial charge in [-0.3, -0.25) is 9.59 Å². The van der Waals surface area contributed by atoms with Crippen molar-refractivity contribution in [2.24, 2.45) is 5.41 Å². The van der Waals surface area contributed by atoms with Crippen molar-refractivity contribution < 1.29 is 14.3 Å². The number of thiazole rings is 1. The van der Waals surface area contributed by atoms with Crippen molar-refractivity contribution in [2.75, 3.05) is 13.2 Å². The minimum Gasteiger partial charge on any atom is -0.493 e. The molecule has 1 aromatic carbocycles. The number of Topliss-reactive ketones (excluding diaryl/α,β-unsaturated/α-hetero) is 1. The average Bonchev–Trinajstić information content (AvgIpc) is 2.97. The fourth-order valence-electron chi connectivity index (χ4n) is 2.28. The molecule has 0 fully saturated rings. The van der Waals surface area contributed by atoms with Gasteiger partial charge in [0, 0.05) is 23.1 Å². The molecule has 2 rings (SSSR count). The number of rotatable bonds is 8. The molecule has 0 aliphatic heterocycles. The highest BCUT2D eigenvalue weighted by Crippen LogP contribution is 2.26. The zero-order valence-corrected chi connectivity index (χ0v) is 18.1. The summed E-state index contributed by atoms with van der Waals surface area (Å²) >= 11 is 1.26. The van der Waals surface area contributed by atoms with E-state index in [1.807, 2.05) is 45.9 Å². The summed E-state index contributed by atoms with van der Waals surface area (Å²) < 4.78 is 12.6. The quantitative estimate of drug-likeness (QED) is 0.735. The van der Waals surface area contributed by atoms with Gasteiger partial charge in [0.2, 0.25) is 0 Å². The summed E-state index contributed by atoms with van der Waals surface area (Å²) in [5.41, 5.74) is 0.101. The van der Waals surface area contributed by atoms with E-state index in [2.05, 4.69) is 11.9 Å². The second kappa shape index (κ2) is 9.73. The second-order valence-corrected chi connectivity index (χ2v) is 8.67. The van der Waals surface area contributed by atoms with Crippen LogP contribution < -0.4 is 24.2 Å². The van der Waals surface area contributed by atoms with E-state index in [-0.39, 0.29) is 11.3 Å². The summed E-state index contributed by atoms with van der Waals surface area (Å²) in [6.45, 7) is 10.9. The Kier molecular flexibility index (Phi) is 7.63. The Hall–Kier alpha value is -2.34. The Bertz CT molecular complexity index is 979. The van der Waals surface area contributed by atoms with Crippen LogP contribution >= 0.6 is 11.3 Å². The topological polar surface area (TPSA) is 68.4 Å². The summed E-state index contributed by atoms with van der Waals surface area (Å²) in [7, 11) is 0. The van der Waals surface area contributed by atoms with Crippen LogP contribution in [0.3, 0.4) is 0 Å². The van der Waals surface area contributed by atoms with E-state index in [1.54, 1.807) is 6.08 Å². The number of aromatic amines is 1. The van der Waals surface area contributed by atoms with Crippen LogP contribution in [-0.2, 0) is 4.79 Å². The molecule has 0 saturated heterocycles. The lowest BCUT2D eigenvalue weighted by atomic mass is 9.91. The minimum absolute atomic E-state index is 0.0269. The molecule has 0 aliphatic rings. The first-order chi connectivity index (χ1) is 13.2. The maximum atomic E-state index is 12.3. The number of H-pyrrole nitrogens is 1. The Morgan fingerprint density at radius 3 is 2.46 bits per heavy atom. The van der Waals surface area contributed by atoms with Gasteiger partial charge in [-0.1, -0.05) is 34.6 Å². The van der Waals surface area contributed by atoms with Crippen LogP contribution in [-0.4, -0.2) is 24.0 Å². The third-order valence-corrected chi connectivity index (χ3v) is 4.85. The van der Waals surface area contributed by atoms with E-state index in [4.69, 9.17) is 9.47 Å². The fraction of sp³-hybridized carbons (Fsp3) is 0.455. The van der Waals surface area contributed by atoms with Crippen molar-refractivity contribution >= 4 is 29.3 Å². The molecule has 0 amide bonds. The molecule has 6 heteroatoms. The van der Waals surface area contributed by atoms with E-state index in [0.29, 0.717) is 28.2 Å². The summed E-state index contributed by atoms with van der Waals surface area (Å²) in [4.78, 5) is 27.3. The molecule has 2 aromatic rings. The van der Waals surface area contributed by atoms with Crippen molar-refractivity contribution in [1.29, 1.82) is 0 Å². The van der Waals surface area contributed by atoms with Gasteiger partial charge < -0.3 is 14.5 Å². The van der Waals surface area contributed by atoms with Crippen molar-refractivity contribution in [2.45, 2.75) is 47.5 Å². The smallest absolute Gasteiger partial charge is 0.266 e. The van der Waals surface area contributed by atoms with Crippen molar-refractivity contribution in [3.8, 4) is 11.5 Å². The van der Waals surface area contributed by atoms with Gasteiger partial charge in [0.05, 0.1) is 22.4 Å². The largest absolute Gasteiger partial charge is 0.493 e. The van der Waals surface area contributed by atoms with Crippen LogP contribution in [0.25, 0.3) is 12.2 Å². The Balaban J connectivity index is 2.45. The predicted octanol–water partition coefficient (Wildman–Crippen LogP) is 3.24. The van der Waals surface area contributed by atoms with E-state index in [0.717, 1.165) is 24.2 Å². The van der Waals surface area contributed by atoms with Crippen molar-refractivity contribution in [3.05, 3.63) is 43.3 Å². The lowest BCUT2D eigenvalue weighted by molar-refractivity contribution is -0.119. The number of ether oxygens (including phenoxy) is 2. The Labute approximate surface area is 169 Å². The van der Waals surface area contributed by atoms with Gasteiger partial charge in [-0.25, -0.2) is 0 Å². The Morgan fingerprint density at radius 1 is 1.14 bits per heavy atom. The molecule has 5 nitrogen and oxygen atoms in total. The van der Waals surface area contributed by atoms with Gasteiger partial charge in [-0.15, -0.1) is 11.3 Å². The fourth-order valence-corrected chi connectivity index (χ4v) is 3.16. The van der Waals surface area contributed by atoms with Crippen molar-refractivity contribution in [1.82, 2.24) is 4.98 Å². The lowest BCUT2D eigenvalue weighted by Gasteiger charge is -2.12. The monoisotopic (exact) mass is 403 g/mol. The molecule has 0 aliphatic carbocycles. The van der Waals surface area contributed by atoms with E-state index >= 15 is 0 Å². The number of benzene rings is 1. The highest BCUT2D eigenvalue weighted by molar-refractivity contribution is 7.07. The molecule has 1 aromatic heterocycles. The minimum atomic E-state index is -0.486. The van der Waals surface area contributed by atoms with Gasteiger partial charge in [0.25, 0.3) is 5.56 Å². The van der Waals surface area contributed by atoms with E-state index < -0.39 is 5.41 Å². The highest BCUT2D eigenvalue weighted by Gasteiger charge is 2.18. The first-order valence-electron chi connectivity index (χ1n) is 9.61. The zero-order valence-electron chi connectivity index (χ0n) is 17.3. The number of carbonyl (C=O) groups excluding carboxylic acids is 1. The van der Waals surface area contributed by atoms with Crippen LogP contribution in [0.15, 0.2) is 23.0 Å². The predicted molar refractivity (Wildman–Crippen MR) is 115 cm³/mol. The Morgan fingerprint density at radius 2 is 1.82 bits per heavy atom. The second-order valence-electron chi connectivity index (χ2n) is 7.58. The van der Waals surface area contributed by atoms with E-state index in [9.17, 15) is 9.59 Å². The van der Waals surface area contributed by atoms with E-state index in [1.165, 1.54) is 17.4 Å². The summed E-state index contributed by atoms with van der Waals surface area (Å²) in [6, 6.07) is 5.62. The molecule has 1 N–H and O–H groups in total. The standard InChI is InChI=1S/C22H29NO4S/c1-6-10-26-16-9-8-15(17(13-16)27-11-7-2)12-18-21(25)23-20(28-18)14-19(24)22(3,4)5/h8-9,12-14H,6-7,10-11H2,1-5H3,(H,23,25). The van der Waals surface area contributed by atoms with Crippen LogP contribution in [0.2, 0.25) is 0 Å². The number of hydrogen-bond donors (Lipinski definition) is 1. The molecule has 0 saturated carbocycles. The first kappa shape index (κ1) is 22.0. The number of carbonyl (C=O) groups is 1. The molecular weight excluding hydrogens is 374 g/mol. The zero-order chi connectivity index (χ0) is 20.7. The van der Waals surface area contributed by atoms with Gasteiger partial charge in [0.1, 0.15) is 11.5 Å². The average molecular weight is 404 g/mol. The summed E-state index contributed by atoms with van der Waals surface area (Å²) in [6.07, 6.45) is 5.10. The van der Waals surface area contributed by atoms with Gasteiger partial charge in [0.15, 0.2) is 5.78 Å². The van der Waals surface area contributed by atoms with Gasteiger partial charge in [-0.2, -0.15) is 0 Å². The molecule has 0 spiro atoms. The lowest BCUT2D eigenvalue weighted by Crippen LogP contribution is -2.22. The number of hydrogen-bond acceptors (Lipinski definition) is 5. The summed E-state index contributed by atoms with van der Waals surface area (Å²) in [5, 5.41) is 0. The molecule has 0 bridgehead atoms. The van der Waals surface area contributed by atoms with Gasteiger partial charge in [-0.05, 0) is 31.1 Å².